The summed E-state index contributed by atoms with van der Waals surface area (Å²) in [6.45, 7) is 4.19. The fourth-order valence-corrected chi connectivity index (χ4v) is 2.15. The van der Waals surface area contributed by atoms with Gasteiger partial charge in [0.25, 0.3) is 0 Å². The van der Waals surface area contributed by atoms with E-state index in [1.807, 2.05) is 6.92 Å². The monoisotopic (exact) mass is 142 g/mol. The highest BCUT2D eigenvalue weighted by Crippen LogP contribution is 2.41. The summed E-state index contributed by atoms with van der Waals surface area (Å²) >= 11 is 0. The van der Waals surface area contributed by atoms with E-state index in [9.17, 15) is 5.11 Å². The molecule has 0 aromatic rings. The van der Waals surface area contributed by atoms with Crippen molar-refractivity contribution in [2.45, 2.75) is 52.1 Å². The molecule has 60 valence electrons. The van der Waals surface area contributed by atoms with Gasteiger partial charge < -0.3 is 5.11 Å². The highest BCUT2D eigenvalue weighted by Gasteiger charge is 2.29. The first-order valence-electron chi connectivity index (χ1n) is 4.30. The van der Waals surface area contributed by atoms with Crippen molar-refractivity contribution >= 4 is 0 Å². The van der Waals surface area contributed by atoms with Crippen LogP contribution in [0.2, 0.25) is 0 Å². The van der Waals surface area contributed by atoms with Gasteiger partial charge >= 0.3 is 0 Å². The van der Waals surface area contributed by atoms with Crippen LogP contribution in [-0.2, 0) is 0 Å². The first kappa shape index (κ1) is 8.06. The second-order valence-corrected chi connectivity index (χ2v) is 4.07. The average Bonchev–Trinajstić information content (AvgIpc) is 2.12. The minimum atomic E-state index is -0.108. The molecule has 0 radical (unpaired) electrons. The van der Waals surface area contributed by atoms with Crippen LogP contribution in [0.25, 0.3) is 0 Å². The Morgan fingerprint density at radius 1 is 1.40 bits per heavy atom. The van der Waals surface area contributed by atoms with Crippen molar-refractivity contribution in [1.29, 1.82) is 0 Å². The molecule has 0 bridgehead atoms. The van der Waals surface area contributed by atoms with Crippen LogP contribution in [0.4, 0.5) is 0 Å². The lowest BCUT2D eigenvalue weighted by atomic mass is 9.83. The molecule has 0 heterocycles. The van der Waals surface area contributed by atoms with Gasteiger partial charge in [0, 0.05) is 0 Å². The number of hydrogen-bond donors (Lipinski definition) is 1. The zero-order chi connectivity index (χ0) is 7.61. The van der Waals surface area contributed by atoms with Crippen molar-refractivity contribution in [1.82, 2.24) is 0 Å². The third-order valence-electron chi connectivity index (χ3n) is 2.60. The summed E-state index contributed by atoms with van der Waals surface area (Å²) in [7, 11) is 0. The molecule has 1 N–H and O–H groups in total. The Balaban J connectivity index is 2.36. The molecule has 0 spiro atoms. The third kappa shape index (κ3) is 1.98. The minimum absolute atomic E-state index is 0.108. The van der Waals surface area contributed by atoms with Gasteiger partial charge in [0.1, 0.15) is 0 Å². The van der Waals surface area contributed by atoms with E-state index in [4.69, 9.17) is 0 Å². The molecule has 1 heteroatoms. The fourth-order valence-electron chi connectivity index (χ4n) is 2.15. The first-order valence-corrected chi connectivity index (χ1v) is 4.30. The van der Waals surface area contributed by atoms with Crippen molar-refractivity contribution in [3.05, 3.63) is 0 Å². The van der Waals surface area contributed by atoms with E-state index in [2.05, 4.69) is 6.92 Å². The predicted molar refractivity (Wildman–Crippen MR) is 42.9 cm³/mol. The second kappa shape index (κ2) is 2.91. The van der Waals surface area contributed by atoms with Crippen molar-refractivity contribution in [2.75, 3.05) is 0 Å². The van der Waals surface area contributed by atoms with Crippen LogP contribution < -0.4 is 0 Å². The number of aliphatic hydroxyl groups is 1. The van der Waals surface area contributed by atoms with Crippen LogP contribution in [0, 0.1) is 5.41 Å². The Hall–Kier alpha value is -0.0400. The largest absolute Gasteiger partial charge is 0.393 e. The van der Waals surface area contributed by atoms with E-state index in [1.54, 1.807) is 0 Å². The van der Waals surface area contributed by atoms with E-state index >= 15 is 0 Å². The SMILES string of the molecule is C[C@H](O)CC1(C)CCCC1. The van der Waals surface area contributed by atoms with Gasteiger partial charge in [-0.15, -0.1) is 0 Å². The lowest BCUT2D eigenvalue weighted by molar-refractivity contribution is 0.123. The zero-order valence-electron chi connectivity index (χ0n) is 7.06. The van der Waals surface area contributed by atoms with Gasteiger partial charge in [0.15, 0.2) is 0 Å². The quantitative estimate of drug-likeness (QED) is 0.627. The Bertz CT molecular complexity index is 101. The molecule has 1 aliphatic carbocycles. The minimum Gasteiger partial charge on any atom is -0.393 e. The van der Waals surface area contributed by atoms with Gasteiger partial charge in [-0.25, -0.2) is 0 Å². The average molecular weight is 142 g/mol. The second-order valence-electron chi connectivity index (χ2n) is 4.07. The number of rotatable bonds is 2. The molecular formula is C9H18O. The summed E-state index contributed by atoms with van der Waals surface area (Å²) in [5.74, 6) is 0. The summed E-state index contributed by atoms with van der Waals surface area (Å²) in [6.07, 6.45) is 6.25. The van der Waals surface area contributed by atoms with Gasteiger partial charge in [-0.3, -0.25) is 0 Å². The Morgan fingerprint density at radius 3 is 2.30 bits per heavy atom. The van der Waals surface area contributed by atoms with E-state index in [0.717, 1.165) is 6.42 Å². The van der Waals surface area contributed by atoms with Crippen molar-refractivity contribution in [3.63, 3.8) is 0 Å². The van der Waals surface area contributed by atoms with Crippen molar-refractivity contribution in [2.24, 2.45) is 5.41 Å². The van der Waals surface area contributed by atoms with Gasteiger partial charge in [0.2, 0.25) is 0 Å². The topological polar surface area (TPSA) is 20.2 Å². The molecule has 1 nitrogen and oxygen atoms in total. The smallest absolute Gasteiger partial charge is 0.0517 e. The molecule has 0 unspecified atom stereocenters. The molecule has 10 heavy (non-hydrogen) atoms. The standard InChI is InChI=1S/C9H18O/c1-8(10)7-9(2)5-3-4-6-9/h8,10H,3-7H2,1-2H3/t8-/m0/s1. The van der Waals surface area contributed by atoms with Gasteiger partial charge in [0.05, 0.1) is 6.10 Å². The van der Waals surface area contributed by atoms with Crippen LogP contribution in [0.3, 0.4) is 0 Å². The van der Waals surface area contributed by atoms with E-state index in [1.165, 1.54) is 25.7 Å². The Kier molecular flexibility index (Phi) is 2.35. The fraction of sp³-hybridized carbons (Fsp3) is 1.00. The molecule has 0 aliphatic heterocycles. The highest BCUT2D eigenvalue weighted by molar-refractivity contribution is 4.81. The molecule has 1 saturated carbocycles. The van der Waals surface area contributed by atoms with E-state index < -0.39 is 0 Å². The van der Waals surface area contributed by atoms with Crippen molar-refractivity contribution < 1.29 is 5.11 Å². The summed E-state index contributed by atoms with van der Waals surface area (Å²) in [4.78, 5) is 0. The molecule has 0 aromatic heterocycles. The molecule has 0 saturated heterocycles. The Labute approximate surface area is 63.4 Å². The zero-order valence-corrected chi connectivity index (χ0v) is 7.06. The number of aliphatic hydroxyl groups excluding tert-OH is 1. The molecule has 1 rings (SSSR count). The summed E-state index contributed by atoms with van der Waals surface area (Å²) < 4.78 is 0. The summed E-state index contributed by atoms with van der Waals surface area (Å²) in [5.41, 5.74) is 0.466. The maximum atomic E-state index is 9.18. The first-order chi connectivity index (χ1) is 4.62. The van der Waals surface area contributed by atoms with Crippen LogP contribution in [0.15, 0.2) is 0 Å². The highest BCUT2D eigenvalue weighted by atomic mass is 16.3. The van der Waals surface area contributed by atoms with E-state index in [0.29, 0.717) is 5.41 Å². The molecule has 0 aromatic carbocycles. The Morgan fingerprint density at radius 2 is 1.90 bits per heavy atom. The van der Waals surface area contributed by atoms with Crippen LogP contribution >= 0.6 is 0 Å². The normalized spacial score (nSPS) is 26.7. The van der Waals surface area contributed by atoms with Crippen molar-refractivity contribution in [3.8, 4) is 0 Å². The maximum absolute atomic E-state index is 9.18. The summed E-state index contributed by atoms with van der Waals surface area (Å²) in [5, 5.41) is 9.18. The maximum Gasteiger partial charge on any atom is 0.0517 e. The molecule has 1 atom stereocenters. The number of hydrogen-bond acceptors (Lipinski definition) is 1. The van der Waals surface area contributed by atoms with Crippen LogP contribution in [-0.4, -0.2) is 11.2 Å². The predicted octanol–water partition coefficient (Wildman–Crippen LogP) is 2.34. The van der Waals surface area contributed by atoms with Gasteiger partial charge in [-0.05, 0) is 31.6 Å². The third-order valence-corrected chi connectivity index (χ3v) is 2.60. The molecule has 1 aliphatic rings. The van der Waals surface area contributed by atoms with Gasteiger partial charge in [-0.2, -0.15) is 0 Å². The molecule has 1 fully saturated rings. The van der Waals surface area contributed by atoms with Crippen LogP contribution in [0.1, 0.15) is 46.0 Å². The molecule has 0 amide bonds. The lowest BCUT2D eigenvalue weighted by Crippen LogP contribution is -2.17. The van der Waals surface area contributed by atoms with Gasteiger partial charge in [-0.1, -0.05) is 19.8 Å². The van der Waals surface area contributed by atoms with E-state index in [-0.39, 0.29) is 6.10 Å². The van der Waals surface area contributed by atoms with Crippen LogP contribution in [0.5, 0.6) is 0 Å². The lowest BCUT2D eigenvalue weighted by Gasteiger charge is -2.24. The molecular weight excluding hydrogens is 124 g/mol. The summed E-state index contributed by atoms with van der Waals surface area (Å²) in [6, 6.07) is 0.